The Kier molecular flexibility index (Phi) is 3.47. The standard InChI is InChI=1S/C10H10N4O4S/c1-17-7-4-8(18-2)6(14(15)16)3-5(7)9-12-13-10(11)19-9/h3-4H,1-2H3,(H2,11,13). The Labute approximate surface area is 111 Å². The van der Waals surface area contributed by atoms with Gasteiger partial charge >= 0.3 is 5.69 Å². The lowest BCUT2D eigenvalue weighted by atomic mass is 10.1. The van der Waals surface area contributed by atoms with Crippen LogP contribution in [0.2, 0.25) is 0 Å². The molecular weight excluding hydrogens is 272 g/mol. The van der Waals surface area contributed by atoms with Crippen molar-refractivity contribution < 1.29 is 14.4 Å². The zero-order valence-electron chi connectivity index (χ0n) is 10.1. The molecule has 9 heteroatoms. The predicted octanol–water partition coefficient (Wildman–Crippen LogP) is 1.71. The fourth-order valence-corrected chi connectivity index (χ4v) is 2.17. The van der Waals surface area contributed by atoms with Crippen molar-refractivity contribution >= 4 is 22.2 Å². The number of methoxy groups -OCH3 is 2. The molecule has 0 bridgehead atoms. The molecule has 0 fully saturated rings. The third kappa shape index (κ3) is 2.40. The summed E-state index contributed by atoms with van der Waals surface area (Å²) in [7, 11) is 2.80. The van der Waals surface area contributed by atoms with Crippen LogP contribution in [0, 0.1) is 10.1 Å². The molecule has 0 aliphatic heterocycles. The van der Waals surface area contributed by atoms with Gasteiger partial charge in [-0.05, 0) is 0 Å². The first-order valence-electron chi connectivity index (χ1n) is 5.06. The van der Waals surface area contributed by atoms with Crippen molar-refractivity contribution in [2.45, 2.75) is 0 Å². The van der Waals surface area contributed by atoms with Crippen LogP contribution >= 0.6 is 11.3 Å². The van der Waals surface area contributed by atoms with Crippen molar-refractivity contribution in [3.63, 3.8) is 0 Å². The molecule has 2 aromatic rings. The number of nitrogen functional groups attached to an aromatic ring is 1. The van der Waals surface area contributed by atoms with Gasteiger partial charge in [-0.3, -0.25) is 10.1 Å². The number of anilines is 1. The molecule has 0 unspecified atom stereocenters. The van der Waals surface area contributed by atoms with Crippen molar-refractivity contribution in [2.24, 2.45) is 0 Å². The van der Waals surface area contributed by atoms with Crippen LogP contribution in [0.15, 0.2) is 12.1 Å². The van der Waals surface area contributed by atoms with Gasteiger partial charge in [0.1, 0.15) is 5.75 Å². The Balaban J connectivity index is 2.65. The highest BCUT2D eigenvalue weighted by Crippen LogP contribution is 2.40. The van der Waals surface area contributed by atoms with Crippen LogP contribution in [-0.4, -0.2) is 29.3 Å². The van der Waals surface area contributed by atoms with Gasteiger partial charge in [0, 0.05) is 12.1 Å². The minimum atomic E-state index is -0.536. The van der Waals surface area contributed by atoms with E-state index in [1.807, 2.05) is 0 Å². The molecule has 0 saturated heterocycles. The summed E-state index contributed by atoms with van der Waals surface area (Å²) in [6, 6.07) is 2.77. The lowest BCUT2D eigenvalue weighted by Crippen LogP contribution is -1.97. The summed E-state index contributed by atoms with van der Waals surface area (Å²) in [4.78, 5) is 10.5. The van der Waals surface area contributed by atoms with Gasteiger partial charge in [-0.1, -0.05) is 11.3 Å². The van der Waals surface area contributed by atoms with Crippen molar-refractivity contribution in [1.82, 2.24) is 10.2 Å². The predicted molar refractivity (Wildman–Crippen MR) is 69.5 cm³/mol. The van der Waals surface area contributed by atoms with Gasteiger partial charge in [0.05, 0.1) is 24.7 Å². The molecule has 0 aliphatic carbocycles. The number of aromatic nitrogens is 2. The Morgan fingerprint density at radius 2 is 1.95 bits per heavy atom. The molecule has 0 atom stereocenters. The highest BCUT2D eigenvalue weighted by Gasteiger charge is 2.22. The van der Waals surface area contributed by atoms with Crippen LogP contribution in [0.4, 0.5) is 10.8 Å². The van der Waals surface area contributed by atoms with Crippen LogP contribution in [-0.2, 0) is 0 Å². The van der Waals surface area contributed by atoms with E-state index in [2.05, 4.69) is 10.2 Å². The van der Waals surface area contributed by atoms with Crippen LogP contribution in [0.25, 0.3) is 10.6 Å². The molecule has 0 amide bonds. The molecule has 1 aromatic carbocycles. The maximum Gasteiger partial charge on any atom is 0.311 e. The van der Waals surface area contributed by atoms with Crippen molar-refractivity contribution in [2.75, 3.05) is 20.0 Å². The molecule has 19 heavy (non-hydrogen) atoms. The fourth-order valence-electron chi connectivity index (χ4n) is 1.54. The molecule has 0 radical (unpaired) electrons. The molecule has 0 saturated carbocycles. The number of benzene rings is 1. The summed E-state index contributed by atoms with van der Waals surface area (Å²) in [5, 5.41) is 19.2. The Hall–Kier alpha value is -2.42. The second-order valence-electron chi connectivity index (χ2n) is 3.43. The third-order valence-corrected chi connectivity index (χ3v) is 3.15. The Bertz CT molecular complexity index is 628. The summed E-state index contributed by atoms with van der Waals surface area (Å²) in [5.41, 5.74) is 5.78. The number of hydrogen-bond donors (Lipinski definition) is 1. The average molecular weight is 282 g/mol. The van der Waals surface area contributed by atoms with E-state index in [-0.39, 0.29) is 16.6 Å². The van der Waals surface area contributed by atoms with E-state index in [1.54, 1.807) is 0 Å². The lowest BCUT2D eigenvalue weighted by Gasteiger charge is -2.08. The topological polar surface area (TPSA) is 113 Å². The first kappa shape index (κ1) is 13.0. The van der Waals surface area contributed by atoms with Crippen molar-refractivity contribution in [3.05, 3.63) is 22.2 Å². The van der Waals surface area contributed by atoms with E-state index >= 15 is 0 Å². The zero-order valence-corrected chi connectivity index (χ0v) is 10.9. The number of hydrogen-bond acceptors (Lipinski definition) is 8. The van der Waals surface area contributed by atoms with E-state index in [0.717, 1.165) is 11.3 Å². The third-order valence-electron chi connectivity index (χ3n) is 2.37. The quantitative estimate of drug-likeness (QED) is 0.670. The number of nitro benzene ring substituents is 1. The van der Waals surface area contributed by atoms with Crippen molar-refractivity contribution in [3.8, 4) is 22.1 Å². The minimum absolute atomic E-state index is 0.114. The van der Waals surface area contributed by atoms with Gasteiger partial charge in [0.2, 0.25) is 10.9 Å². The number of rotatable bonds is 4. The SMILES string of the molecule is COc1cc(OC)c([N+](=O)[O-])cc1-c1nnc(N)s1. The van der Waals surface area contributed by atoms with Crippen LogP contribution < -0.4 is 15.2 Å². The molecule has 8 nitrogen and oxygen atoms in total. The maximum absolute atomic E-state index is 11.0. The van der Waals surface area contributed by atoms with E-state index in [0.29, 0.717) is 16.3 Å². The summed E-state index contributed by atoms with van der Waals surface area (Å²) < 4.78 is 10.1. The van der Waals surface area contributed by atoms with Gasteiger partial charge in [-0.15, -0.1) is 10.2 Å². The smallest absolute Gasteiger partial charge is 0.311 e. The molecule has 2 rings (SSSR count). The van der Waals surface area contributed by atoms with Crippen LogP contribution in [0.5, 0.6) is 11.5 Å². The number of nitrogens with zero attached hydrogens (tertiary/aromatic N) is 3. The van der Waals surface area contributed by atoms with E-state index < -0.39 is 4.92 Å². The molecule has 100 valence electrons. The summed E-state index contributed by atoms with van der Waals surface area (Å²) >= 11 is 1.12. The lowest BCUT2D eigenvalue weighted by molar-refractivity contribution is -0.385. The number of nitrogens with two attached hydrogens (primary N) is 1. The summed E-state index contributed by atoms with van der Waals surface area (Å²) in [6.45, 7) is 0. The zero-order chi connectivity index (χ0) is 14.0. The maximum atomic E-state index is 11.0. The monoisotopic (exact) mass is 282 g/mol. The number of nitro groups is 1. The minimum Gasteiger partial charge on any atom is -0.496 e. The van der Waals surface area contributed by atoms with E-state index in [1.165, 1.54) is 26.4 Å². The summed E-state index contributed by atoms with van der Waals surface area (Å²) in [5.74, 6) is 0.515. The van der Waals surface area contributed by atoms with Crippen LogP contribution in [0.3, 0.4) is 0 Å². The fraction of sp³-hybridized carbons (Fsp3) is 0.200. The number of ether oxygens (including phenoxy) is 2. The van der Waals surface area contributed by atoms with E-state index in [9.17, 15) is 10.1 Å². The Morgan fingerprint density at radius 1 is 1.26 bits per heavy atom. The molecular formula is C10H10N4O4S. The van der Waals surface area contributed by atoms with E-state index in [4.69, 9.17) is 15.2 Å². The largest absolute Gasteiger partial charge is 0.496 e. The van der Waals surface area contributed by atoms with Gasteiger partial charge in [0.25, 0.3) is 0 Å². The van der Waals surface area contributed by atoms with Gasteiger partial charge in [-0.25, -0.2) is 0 Å². The summed E-state index contributed by atoms with van der Waals surface area (Å²) in [6.07, 6.45) is 0. The highest BCUT2D eigenvalue weighted by atomic mass is 32.1. The average Bonchev–Trinajstić information content (AvgIpc) is 2.83. The second kappa shape index (κ2) is 5.06. The van der Waals surface area contributed by atoms with Gasteiger partial charge in [0.15, 0.2) is 5.01 Å². The molecule has 1 heterocycles. The molecule has 1 aromatic heterocycles. The molecule has 0 aliphatic rings. The van der Waals surface area contributed by atoms with Gasteiger partial charge < -0.3 is 15.2 Å². The molecule has 2 N–H and O–H groups in total. The van der Waals surface area contributed by atoms with Gasteiger partial charge in [-0.2, -0.15) is 0 Å². The van der Waals surface area contributed by atoms with Crippen LogP contribution in [0.1, 0.15) is 0 Å². The molecule has 0 spiro atoms. The highest BCUT2D eigenvalue weighted by molar-refractivity contribution is 7.18. The first-order chi connectivity index (χ1) is 9.06. The first-order valence-corrected chi connectivity index (χ1v) is 5.88. The second-order valence-corrected chi connectivity index (χ2v) is 4.44. The normalized spacial score (nSPS) is 10.2. The Morgan fingerprint density at radius 3 is 2.42 bits per heavy atom. The van der Waals surface area contributed by atoms with Crippen molar-refractivity contribution in [1.29, 1.82) is 0 Å².